The molecular weight excluding hydrogens is 299 g/mol. The summed E-state index contributed by atoms with van der Waals surface area (Å²) in [6, 6.07) is 5.93. The molecule has 0 aromatic heterocycles. The molecule has 1 fully saturated rings. The topological polar surface area (TPSA) is 72.6 Å². The van der Waals surface area contributed by atoms with E-state index in [2.05, 4.69) is 0 Å². The quantitative estimate of drug-likeness (QED) is 0.862. The second-order valence-electron chi connectivity index (χ2n) is 6.07. The van der Waals surface area contributed by atoms with Crippen LogP contribution in [0.15, 0.2) is 24.3 Å². The smallest absolute Gasteiger partial charge is 0.226 e. The molecule has 0 atom stereocenters. The molecule has 0 unspecified atom stereocenters. The monoisotopic (exact) mass is 322 g/mol. The van der Waals surface area contributed by atoms with E-state index in [-0.39, 0.29) is 24.1 Å². The summed E-state index contributed by atoms with van der Waals surface area (Å²) in [6.45, 7) is 1.49. The maximum atomic E-state index is 12.9. The number of carbonyl (C=O) groups is 2. The van der Waals surface area contributed by atoms with Crippen LogP contribution in [0.1, 0.15) is 24.8 Å². The Bertz CT molecular complexity index is 551. The van der Waals surface area contributed by atoms with Crippen LogP contribution in [0, 0.1) is 11.2 Å². The SMILES string of the molecule is COCCC1(C(N)=O)CCN(C(=O)Cc2ccc(F)cc2)CC1. The van der Waals surface area contributed by atoms with Crippen LogP contribution in [0.5, 0.6) is 0 Å². The van der Waals surface area contributed by atoms with E-state index in [0.717, 1.165) is 5.56 Å². The molecule has 1 saturated heterocycles. The van der Waals surface area contributed by atoms with E-state index in [0.29, 0.717) is 39.0 Å². The highest BCUT2D eigenvalue weighted by molar-refractivity contribution is 5.82. The zero-order chi connectivity index (χ0) is 16.9. The van der Waals surface area contributed by atoms with E-state index in [1.165, 1.54) is 12.1 Å². The van der Waals surface area contributed by atoms with Gasteiger partial charge in [-0.2, -0.15) is 0 Å². The highest BCUT2D eigenvalue weighted by Crippen LogP contribution is 2.35. The Labute approximate surface area is 135 Å². The predicted octanol–water partition coefficient (Wildman–Crippen LogP) is 1.50. The summed E-state index contributed by atoms with van der Waals surface area (Å²) < 4.78 is 18.0. The number of primary amides is 1. The van der Waals surface area contributed by atoms with Gasteiger partial charge >= 0.3 is 0 Å². The molecule has 0 spiro atoms. The molecule has 0 bridgehead atoms. The number of amides is 2. The van der Waals surface area contributed by atoms with Crippen molar-refractivity contribution in [3.8, 4) is 0 Å². The van der Waals surface area contributed by atoms with Crippen LogP contribution in [0.4, 0.5) is 4.39 Å². The summed E-state index contributed by atoms with van der Waals surface area (Å²) in [6.07, 6.45) is 1.93. The first-order valence-corrected chi connectivity index (χ1v) is 7.78. The molecule has 1 aromatic carbocycles. The van der Waals surface area contributed by atoms with Gasteiger partial charge in [-0.05, 0) is 37.0 Å². The molecule has 1 heterocycles. The lowest BCUT2D eigenvalue weighted by molar-refractivity contribution is -0.139. The number of halogens is 1. The molecule has 23 heavy (non-hydrogen) atoms. The Morgan fingerprint density at radius 2 is 1.87 bits per heavy atom. The van der Waals surface area contributed by atoms with Crippen LogP contribution in [0.25, 0.3) is 0 Å². The second-order valence-corrected chi connectivity index (χ2v) is 6.07. The van der Waals surface area contributed by atoms with Crippen molar-refractivity contribution in [3.63, 3.8) is 0 Å². The van der Waals surface area contributed by atoms with Gasteiger partial charge in [0.05, 0.1) is 11.8 Å². The maximum Gasteiger partial charge on any atom is 0.226 e. The molecule has 2 amide bonds. The van der Waals surface area contributed by atoms with Crippen molar-refractivity contribution in [1.82, 2.24) is 4.90 Å². The largest absolute Gasteiger partial charge is 0.385 e. The lowest BCUT2D eigenvalue weighted by Gasteiger charge is -2.39. The van der Waals surface area contributed by atoms with Crippen molar-refractivity contribution in [2.24, 2.45) is 11.1 Å². The van der Waals surface area contributed by atoms with Gasteiger partial charge in [0.2, 0.25) is 11.8 Å². The number of benzene rings is 1. The van der Waals surface area contributed by atoms with Crippen LogP contribution in [-0.2, 0) is 20.7 Å². The van der Waals surface area contributed by atoms with Crippen LogP contribution >= 0.6 is 0 Å². The number of hydrogen-bond acceptors (Lipinski definition) is 3. The number of carbonyl (C=O) groups excluding carboxylic acids is 2. The van der Waals surface area contributed by atoms with E-state index < -0.39 is 5.41 Å². The molecule has 1 aromatic rings. The summed E-state index contributed by atoms with van der Waals surface area (Å²) in [5.74, 6) is -0.648. The van der Waals surface area contributed by atoms with Gasteiger partial charge < -0.3 is 15.4 Å². The van der Waals surface area contributed by atoms with E-state index in [1.54, 1.807) is 24.1 Å². The molecule has 6 heteroatoms. The van der Waals surface area contributed by atoms with Crippen molar-refractivity contribution < 1.29 is 18.7 Å². The summed E-state index contributed by atoms with van der Waals surface area (Å²) in [5.41, 5.74) is 5.77. The minimum atomic E-state index is -0.581. The van der Waals surface area contributed by atoms with Crippen molar-refractivity contribution in [2.45, 2.75) is 25.7 Å². The Morgan fingerprint density at radius 3 is 2.39 bits per heavy atom. The molecule has 1 aliphatic rings. The van der Waals surface area contributed by atoms with Gasteiger partial charge in [-0.25, -0.2) is 4.39 Å². The Morgan fingerprint density at radius 1 is 1.26 bits per heavy atom. The molecule has 0 radical (unpaired) electrons. The fourth-order valence-corrected chi connectivity index (χ4v) is 2.99. The van der Waals surface area contributed by atoms with Gasteiger partial charge in [-0.3, -0.25) is 9.59 Å². The van der Waals surface area contributed by atoms with Gasteiger partial charge in [-0.15, -0.1) is 0 Å². The molecule has 126 valence electrons. The summed E-state index contributed by atoms with van der Waals surface area (Å²) in [4.78, 5) is 25.9. The van der Waals surface area contributed by atoms with Crippen molar-refractivity contribution in [2.75, 3.05) is 26.8 Å². The van der Waals surface area contributed by atoms with Crippen molar-refractivity contribution in [3.05, 3.63) is 35.6 Å². The van der Waals surface area contributed by atoms with Gasteiger partial charge in [0.1, 0.15) is 5.82 Å². The van der Waals surface area contributed by atoms with Gasteiger partial charge in [0.25, 0.3) is 0 Å². The third-order valence-electron chi connectivity index (χ3n) is 4.65. The third-order valence-corrected chi connectivity index (χ3v) is 4.65. The standard InChI is InChI=1S/C17H23FN2O3/c1-23-11-8-17(16(19)22)6-9-20(10-7-17)15(21)12-13-2-4-14(18)5-3-13/h2-5H,6-12H2,1H3,(H2,19,22). The number of methoxy groups -OCH3 is 1. The maximum absolute atomic E-state index is 12.9. The van der Waals surface area contributed by atoms with Crippen LogP contribution in [0.3, 0.4) is 0 Å². The summed E-state index contributed by atoms with van der Waals surface area (Å²) in [5, 5.41) is 0. The van der Waals surface area contributed by atoms with Gasteiger partial charge in [-0.1, -0.05) is 12.1 Å². The number of hydrogen-bond donors (Lipinski definition) is 1. The number of likely N-dealkylation sites (tertiary alicyclic amines) is 1. The fraction of sp³-hybridized carbons (Fsp3) is 0.529. The fourth-order valence-electron chi connectivity index (χ4n) is 2.99. The highest BCUT2D eigenvalue weighted by atomic mass is 19.1. The van der Waals surface area contributed by atoms with Crippen molar-refractivity contribution >= 4 is 11.8 Å². The minimum Gasteiger partial charge on any atom is -0.385 e. The molecule has 2 rings (SSSR count). The molecular formula is C17H23FN2O3. The Hall–Kier alpha value is -1.95. The molecule has 5 nitrogen and oxygen atoms in total. The zero-order valence-corrected chi connectivity index (χ0v) is 13.4. The Balaban J connectivity index is 1.93. The Kier molecular flexibility index (Phi) is 5.71. The van der Waals surface area contributed by atoms with E-state index in [9.17, 15) is 14.0 Å². The average Bonchev–Trinajstić information content (AvgIpc) is 2.55. The minimum absolute atomic E-state index is 0.0126. The molecule has 1 aliphatic heterocycles. The van der Waals surface area contributed by atoms with Crippen molar-refractivity contribution in [1.29, 1.82) is 0 Å². The second kappa shape index (κ2) is 7.55. The van der Waals surface area contributed by atoms with E-state index >= 15 is 0 Å². The number of nitrogens with zero attached hydrogens (tertiary/aromatic N) is 1. The number of ether oxygens (including phenoxy) is 1. The van der Waals surface area contributed by atoms with E-state index in [1.807, 2.05) is 0 Å². The van der Waals surface area contributed by atoms with Gasteiger partial charge in [0.15, 0.2) is 0 Å². The number of rotatable bonds is 6. The van der Waals surface area contributed by atoms with Crippen LogP contribution < -0.4 is 5.73 Å². The average molecular weight is 322 g/mol. The number of piperidine rings is 1. The highest BCUT2D eigenvalue weighted by Gasteiger charge is 2.40. The first-order chi connectivity index (χ1) is 11.0. The molecule has 2 N–H and O–H groups in total. The summed E-state index contributed by atoms with van der Waals surface area (Å²) >= 11 is 0. The predicted molar refractivity (Wildman–Crippen MR) is 84.0 cm³/mol. The van der Waals surface area contributed by atoms with Crippen LogP contribution in [-0.4, -0.2) is 43.5 Å². The lowest BCUT2D eigenvalue weighted by atomic mass is 9.75. The van der Waals surface area contributed by atoms with Gasteiger partial charge in [0, 0.05) is 26.8 Å². The normalized spacial score (nSPS) is 17.0. The van der Waals surface area contributed by atoms with E-state index in [4.69, 9.17) is 10.5 Å². The molecule has 0 saturated carbocycles. The zero-order valence-electron chi connectivity index (χ0n) is 13.4. The van der Waals surface area contributed by atoms with Crippen LogP contribution in [0.2, 0.25) is 0 Å². The summed E-state index contributed by atoms with van der Waals surface area (Å²) in [7, 11) is 1.59. The first kappa shape index (κ1) is 17.4. The first-order valence-electron chi connectivity index (χ1n) is 7.78. The lowest BCUT2D eigenvalue weighted by Crippen LogP contribution is -2.49. The molecule has 0 aliphatic carbocycles. The third kappa shape index (κ3) is 4.28. The number of nitrogens with two attached hydrogens (primary N) is 1.